The van der Waals surface area contributed by atoms with Crippen molar-refractivity contribution in [1.29, 1.82) is 5.26 Å². The quantitative estimate of drug-likeness (QED) is 0.929. The van der Waals surface area contributed by atoms with E-state index < -0.39 is 5.79 Å². The number of anilines is 1. The molecule has 18 heavy (non-hydrogen) atoms. The van der Waals surface area contributed by atoms with Gasteiger partial charge in [0.1, 0.15) is 6.07 Å². The SMILES string of the molecule is CC1(CCNc2ccc(Br)cc2C#N)OCCO1. The van der Waals surface area contributed by atoms with Gasteiger partial charge in [-0.3, -0.25) is 0 Å². The van der Waals surface area contributed by atoms with Gasteiger partial charge >= 0.3 is 0 Å². The first-order valence-electron chi connectivity index (χ1n) is 5.84. The summed E-state index contributed by atoms with van der Waals surface area (Å²) in [6.45, 7) is 3.94. The zero-order valence-electron chi connectivity index (χ0n) is 10.2. The van der Waals surface area contributed by atoms with E-state index in [-0.39, 0.29) is 0 Å². The van der Waals surface area contributed by atoms with Crippen molar-refractivity contribution in [3.05, 3.63) is 28.2 Å². The maximum atomic E-state index is 9.04. The van der Waals surface area contributed by atoms with E-state index in [9.17, 15) is 0 Å². The lowest BCUT2D eigenvalue weighted by Crippen LogP contribution is -2.28. The molecule has 0 aromatic heterocycles. The van der Waals surface area contributed by atoms with Crippen LogP contribution in [0.1, 0.15) is 18.9 Å². The Morgan fingerprint density at radius 1 is 1.44 bits per heavy atom. The highest BCUT2D eigenvalue weighted by Crippen LogP contribution is 2.24. The van der Waals surface area contributed by atoms with Crippen LogP contribution in [0.25, 0.3) is 0 Å². The van der Waals surface area contributed by atoms with Crippen molar-refractivity contribution in [3.63, 3.8) is 0 Å². The summed E-state index contributed by atoms with van der Waals surface area (Å²) in [5.74, 6) is -0.491. The van der Waals surface area contributed by atoms with Crippen molar-refractivity contribution >= 4 is 21.6 Å². The highest BCUT2D eigenvalue weighted by molar-refractivity contribution is 9.10. The first-order chi connectivity index (χ1) is 8.63. The minimum atomic E-state index is -0.491. The Hall–Kier alpha value is -1.09. The number of rotatable bonds is 4. The van der Waals surface area contributed by atoms with Gasteiger partial charge in [-0.05, 0) is 25.1 Å². The number of halogens is 1. The van der Waals surface area contributed by atoms with Crippen LogP contribution in [-0.2, 0) is 9.47 Å². The molecule has 0 bridgehead atoms. The predicted molar refractivity (Wildman–Crippen MR) is 72.3 cm³/mol. The van der Waals surface area contributed by atoms with E-state index >= 15 is 0 Å². The fourth-order valence-electron chi connectivity index (χ4n) is 1.89. The lowest BCUT2D eigenvalue weighted by molar-refractivity contribution is -0.144. The molecular weight excluding hydrogens is 296 g/mol. The Bertz CT molecular complexity index is 465. The smallest absolute Gasteiger partial charge is 0.167 e. The normalized spacial score (nSPS) is 17.4. The van der Waals surface area contributed by atoms with Crippen molar-refractivity contribution in [2.45, 2.75) is 19.1 Å². The second kappa shape index (κ2) is 5.70. The third-order valence-electron chi connectivity index (χ3n) is 2.89. The minimum Gasteiger partial charge on any atom is -0.384 e. The molecule has 1 fully saturated rings. The van der Waals surface area contributed by atoms with Crippen LogP contribution in [0.5, 0.6) is 0 Å². The minimum absolute atomic E-state index is 0.491. The van der Waals surface area contributed by atoms with Crippen molar-refractivity contribution in [3.8, 4) is 6.07 Å². The second-order valence-electron chi connectivity index (χ2n) is 4.31. The Morgan fingerprint density at radius 3 is 2.83 bits per heavy atom. The molecule has 1 heterocycles. The summed E-state index contributed by atoms with van der Waals surface area (Å²) in [7, 11) is 0. The van der Waals surface area contributed by atoms with Crippen LogP contribution in [0.4, 0.5) is 5.69 Å². The van der Waals surface area contributed by atoms with Crippen molar-refractivity contribution in [2.75, 3.05) is 25.1 Å². The number of nitrogens with one attached hydrogen (secondary N) is 1. The standard InChI is InChI=1S/C13H15BrN2O2/c1-13(17-6-7-18-13)4-5-16-12-3-2-11(14)8-10(12)9-15/h2-3,8,16H,4-7H2,1H3. The molecule has 4 nitrogen and oxygen atoms in total. The number of hydrogen-bond donors (Lipinski definition) is 1. The highest BCUT2D eigenvalue weighted by Gasteiger charge is 2.30. The molecule has 1 aliphatic heterocycles. The van der Waals surface area contributed by atoms with Crippen LogP contribution >= 0.6 is 15.9 Å². The van der Waals surface area contributed by atoms with Crippen LogP contribution < -0.4 is 5.32 Å². The molecular formula is C13H15BrN2O2. The highest BCUT2D eigenvalue weighted by atomic mass is 79.9. The van der Waals surface area contributed by atoms with E-state index in [4.69, 9.17) is 14.7 Å². The molecule has 1 N–H and O–H groups in total. The first-order valence-corrected chi connectivity index (χ1v) is 6.64. The third-order valence-corrected chi connectivity index (χ3v) is 3.39. The lowest BCUT2D eigenvalue weighted by Gasteiger charge is -2.22. The molecule has 0 unspecified atom stereocenters. The van der Waals surface area contributed by atoms with E-state index in [0.717, 1.165) is 16.6 Å². The van der Waals surface area contributed by atoms with Gasteiger partial charge in [-0.25, -0.2) is 0 Å². The molecule has 0 spiro atoms. The molecule has 5 heteroatoms. The average molecular weight is 311 g/mol. The molecule has 1 aromatic rings. The Labute approximate surface area is 115 Å². The summed E-state index contributed by atoms with van der Waals surface area (Å²) < 4.78 is 11.9. The summed E-state index contributed by atoms with van der Waals surface area (Å²) in [5, 5.41) is 12.3. The Balaban J connectivity index is 1.92. The van der Waals surface area contributed by atoms with Crippen molar-refractivity contribution in [2.24, 2.45) is 0 Å². The summed E-state index contributed by atoms with van der Waals surface area (Å²) in [4.78, 5) is 0. The van der Waals surface area contributed by atoms with Crippen LogP contribution in [-0.4, -0.2) is 25.5 Å². The maximum Gasteiger partial charge on any atom is 0.167 e. The zero-order valence-corrected chi connectivity index (χ0v) is 11.8. The summed E-state index contributed by atoms with van der Waals surface area (Å²) in [6.07, 6.45) is 0.744. The fourth-order valence-corrected chi connectivity index (χ4v) is 2.25. The summed E-state index contributed by atoms with van der Waals surface area (Å²) in [6, 6.07) is 7.77. The fraction of sp³-hybridized carbons (Fsp3) is 0.462. The van der Waals surface area contributed by atoms with Gasteiger partial charge in [0.25, 0.3) is 0 Å². The van der Waals surface area contributed by atoms with E-state index in [1.54, 1.807) is 6.07 Å². The van der Waals surface area contributed by atoms with Crippen LogP contribution in [0, 0.1) is 11.3 Å². The van der Waals surface area contributed by atoms with Gasteiger partial charge < -0.3 is 14.8 Å². The van der Waals surface area contributed by atoms with E-state index in [2.05, 4.69) is 27.3 Å². The molecule has 0 saturated carbocycles. The number of nitriles is 1. The lowest BCUT2D eigenvalue weighted by atomic mass is 10.1. The maximum absolute atomic E-state index is 9.04. The molecule has 1 saturated heterocycles. The largest absolute Gasteiger partial charge is 0.384 e. The average Bonchev–Trinajstić information content (AvgIpc) is 2.78. The summed E-state index contributed by atoms with van der Waals surface area (Å²) in [5.41, 5.74) is 1.46. The van der Waals surface area contributed by atoms with Crippen LogP contribution in [0.2, 0.25) is 0 Å². The first kappa shape index (κ1) is 13.3. The molecule has 1 aliphatic rings. The number of ether oxygens (including phenoxy) is 2. The second-order valence-corrected chi connectivity index (χ2v) is 5.22. The Morgan fingerprint density at radius 2 is 2.17 bits per heavy atom. The van der Waals surface area contributed by atoms with Crippen LogP contribution in [0.15, 0.2) is 22.7 Å². The van der Waals surface area contributed by atoms with E-state index in [0.29, 0.717) is 25.3 Å². The molecule has 0 amide bonds. The molecule has 0 radical (unpaired) electrons. The zero-order chi connectivity index (χ0) is 13.0. The van der Waals surface area contributed by atoms with Gasteiger partial charge in [0.05, 0.1) is 24.5 Å². The molecule has 96 valence electrons. The molecule has 1 aromatic carbocycles. The van der Waals surface area contributed by atoms with Gasteiger partial charge in [0, 0.05) is 17.4 Å². The number of nitrogens with zero attached hydrogens (tertiary/aromatic N) is 1. The van der Waals surface area contributed by atoms with Crippen molar-refractivity contribution < 1.29 is 9.47 Å². The number of benzene rings is 1. The van der Waals surface area contributed by atoms with Gasteiger partial charge in [0.2, 0.25) is 0 Å². The van der Waals surface area contributed by atoms with E-state index in [1.165, 1.54) is 0 Å². The van der Waals surface area contributed by atoms with Crippen LogP contribution in [0.3, 0.4) is 0 Å². The molecule has 2 rings (SSSR count). The third kappa shape index (κ3) is 3.22. The van der Waals surface area contributed by atoms with E-state index in [1.807, 2.05) is 19.1 Å². The molecule has 0 atom stereocenters. The topological polar surface area (TPSA) is 54.3 Å². The Kier molecular flexibility index (Phi) is 4.23. The van der Waals surface area contributed by atoms with Gasteiger partial charge in [-0.15, -0.1) is 0 Å². The monoisotopic (exact) mass is 310 g/mol. The van der Waals surface area contributed by atoms with Gasteiger partial charge in [-0.1, -0.05) is 15.9 Å². The van der Waals surface area contributed by atoms with Gasteiger partial charge in [-0.2, -0.15) is 5.26 Å². The van der Waals surface area contributed by atoms with Gasteiger partial charge in [0.15, 0.2) is 5.79 Å². The number of hydrogen-bond acceptors (Lipinski definition) is 4. The van der Waals surface area contributed by atoms with Crippen molar-refractivity contribution in [1.82, 2.24) is 0 Å². The summed E-state index contributed by atoms with van der Waals surface area (Å²) >= 11 is 3.35. The molecule has 0 aliphatic carbocycles. The predicted octanol–water partition coefficient (Wildman–Crippen LogP) is 2.89.